The largest absolute Gasteiger partial charge is 0.357 e. The first-order valence-corrected chi connectivity index (χ1v) is 12.0. The number of halogens is 1. The van der Waals surface area contributed by atoms with Crippen LogP contribution in [0.4, 0.5) is 0 Å². The fourth-order valence-corrected chi connectivity index (χ4v) is 5.14. The molecule has 162 valence electrons. The van der Waals surface area contributed by atoms with Gasteiger partial charge in [0.2, 0.25) is 10.0 Å². The van der Waals surface area contributed by atoms with E-state index in [1.165, 1.54) is 30.6 Å². The van der Waals surface area contributed by atoms with Gasteiger partial charge in [0.25, 0.3) is 0 Å². The maximum absolute atomic E-state index is 12.1. The first kappa shape index (κ1) is 25.6. The number of likely N-dealkylation sites (tertiary alicyclic amines) is 1. The average Bonchev–Trinajstić information content (AvgIpc) is 3.20. The van der Waals surface area contributed by atoms with Crippen LogP contribution in [0.1, 0.15) is 40.0 Å². The lowest BCUT2D eigenvalue weighted by Gasteiger charge is -2.40. The molecule has 1 saturated heterocycles. The van der Waals surface area contributed by atoms with Crippen molar-refractivity contribution in [2.24, 2.45) is 4.99 Å². The summed E-state index contributed by atoms with van der Waals surface area (Å²) in [5.74, 6) is 0.720. The fraction of sp³-hybridized carbons (Fsp3) is 0.722. The Kier molecular flexibility index (Phi) is 11.3. The Morgan fingerprint density at radius 2 is 1.93 bits per heavy atom. The first-order valence-electron chi connectivity index (χ1n) is 9.65. The molecule has 0 atom stereocenters. The SMILES string of the molecule is CCNC(=NCC(C)(C)N1CCCCC1)NCCNS(=O)(=O)c1cccs1.I. The van der Waals surface area contributed by atoms with E-state index in [2.05, 4.69) is 34.1 Å². The predicted molar refractivity (Wildman–Crippen MR) is 128 cm³/mol. The van der Waals surface area contributed by atoms with Crippen molar-refractivity contribution < 1.29 is 8.42 Å². The lowest BCUT2D eigenvalue weighted by molar-refractivity contribution is 0.102. The molecule has 28 heavy (non-hydrogen) atoms. The van der Waals surface area contributed by atoms with Gasteiger partial charge < -0.3 is 10.6 Å². The smallest absolute Gasteiger partial charge is 0.250 e. The number of guanidine groups is 1. The predicted octanol–water partition coefficient (Wildman–Crippen LogP) is 2.46. The second-order valence-corrected chi connectivity index (χ2v) is 10.3. The molecule has 1 aromatic heterocycles. The summed E-state index contributed by atoms with van der Waals surface area (Å²) in [5, 5.41) is 8.20. The van der Waals surface area contributed by atoms with Crippen LogP contribution in [0.5, 0.6) is 0 Å². The summed E-state index contributed by atoms with van der Waals surface area (Å²) in [7, 11) is -3.42. The van der Waals surface area contributed by atoms with Crippen LogP contribution in [0.3, 0.4) is 0 Å². The minimum absolute atomic E-state index is 0. The van der Waals surface area contributed by atoms with Crippen LogP contribution in [0.2, 0.25) is 0 Å². The summed E-state index contributed by atoms with van der Waals surface area (Å²) in [4.78, 5) is 7.23. The Balaban J connectivity index is 0.00000392. The van der Waals surface area contributed by atoms with Crippen LogP contribution in [0.15, 0.2) is 26.7 Å². The van der Waals surface area contributed by atoms with Crippen molar-refractivity contribution in [3.8, 4) is 0 Å². The second-order valence-electron chi connectivity index (χ2n) is 7.31. The van der Waals surface area contributed by atoms with Gasteiger partial charge in [-0.2, -0.15) is 0 Å². The summed E-state index contributed by atoms with van der Waals surface area (Å²) in [6.45, 7) is 11.0. The Hall–Kier alpha value is -0.430. The molecule has 0 bridgehead atoms. The number of aliphatic imine (C=N–C) groups is 1. The zero-order chi connectivity index (χ0) is 19.8. The zero-order valence-corrected chi connectivity index (χ0v) is 21.0. The number of sulfonamides is 1. The molecule has 2 heterocycles. The van der Waals surface area contributed by atoms with E-state index in [4.69, 9.17) is 4.99 Å². The summed E-state index contributed by atoms with van der Waals surface area (Å²) in [6.07, 6.45) is 3.84. The van der Waals surface area contributed by atoms with E-state index < -0.39 is 10.0 Å². The van der Waals surface area contributed by atoms with E-state index >= 15 is 0 Å². The molecule has 0 unspecified atom stereocenters. The summed E-state index contributed by atoms with van der Waals surface area (Å²) >= 11 is 1.22. The summed E-state index contributed by atoms with van der Waals surface area (Å²) in [6, 6.07) is 3.34. The maximum atomic E-state index is 12.1. The highest BCUT2D eigenvalue weighted by molar-refractivity contribution is 14.0. The van der Waals surface area contributed by atoms with Crippen molar-refractivity contribution in [3.05, 3.63) is 17.5 Å². The molecule has 3 N–H and O–H groups in total. The van der Waals surface area contributed by atoms with Crippen LogP contribution in [0, 0.1) is 0 Å². The van der Waals surface area contributed by atoms with Crippen molar-refractivity contribution in [1.82, 2.24) is 20.3 Å². The van der Waals surface area contributed by atoms with Gasteiger partial charge in [-0.15, -0.1) is 35.3 Å². The number of nitrogens with zero attached hydrogens (tertiary/aromatic N) is 2. The molecule has 1 aliphatic heterocycles. The number of hydrogen-bond acceptors (Lipinski definition) is 5. The molecule has 0 spiro atoms. The van der Waals surface area contributed by atoms with Crippen LogP contribution < -0.4 is 15.4 Å². The van der Waals surface area contributed by atoms with Gasteiger partial charge in [-0.1, -0.05) is 12.5 Å². The second kappa shape index (κ2) is 12.3. The van der Waals surface area contributed by atoms with Crippen molar-refractivity contribution >= 4 is 51.3 Å². The van der Waals surface area contributed by atoms with Crippen LogP contribution >= 0.6 is 35.3 Å². The van der Waals surface area contributed by atoms with Gasteiger partial charge >= 0.3 is 0 Å². The minimum Gasteiger partial charge on any atom is -0.357 e. The molecule has 0 aliphatic carbocycles. The molecule has 0 amide bonds. The third-order valence-corrected chi connectivity index (χ3v) is 7.51. The van der Waals surface area contributed by atoms with Crippen molar-refractivity contribution in [2.45, 2.75) is 49.8 Å². The quantitative estimate of drug-likeness (QED) is 0.193. The Morgan fingerprint density at radius 1 is 1.21 bits per heavy atom. The number of thiophene rings is 1. The molecule has 0 aromatic carbocycles. The summed E-state index contributed by atoms with van der Waals surface area (Å²) in [5.41, 5.74) is 0.0174. The van der Waals surface area contributed by atoms with Gasteiger partial charge in [0.15, 0.2) is 5.96 Å². The molecule has 0 saturated carbocycles. The monoisotopic (exact) mass is 543 g/mol. The maximum Gasteiger partial charge on any atom is 0.250 e. The van der Waals surface area contributed by atoms with Crippen LogP contribution in [-0.2, 0) is 10.0 Å². The van der Waals surface area contributed by atoms with E-state index in [1.807, 2.05) is 6.92 Å². The zero-order valence-electron chi connectivity index (χ0n) is 17.0. The van der Waals surface area contributed by atoms with Crippen LogP contribution in [-0.4, -0.2) is 64.1 Å². The first-order chi connectivity index (χ1) is 12.8. The van der Waals surface area contributed by atoms with Crippen LogP contribution in [0.25, 0.3) is 0 Å². The average molecular weight is 544 g/mol. The minimum atomic E-state index is -3.42. The van der Waals surface area contributed by atoms with Crippen molar-refractivity contribution in [2.75, 3.05) is 39.3 Å². The third kappa shape index (κ3) is 8.13. The molecule has 1 fully saturated rings. The third-order valence-electron chi connectivity index (χ3n) is 4.65. The highest BCUT2D eigenvalue weighted by atomic mass is 127. The van der Waals surface area contributed by atoms with Gasteiger partial charge in [-0.25, -0.2) is 13.1 Å². The van der Waals surface area contributed by atoms with Crippen molar-refractivity contribution in [1.29, 1.82) is 0 Å². The molecule has 10 heteroatoms. The Morgan fingerprint density at radius 3 is 2.54 bits per heavy atom. The van der Waals surface area contributed by atoms with Gasteiger partial charge in [0.1, 0.15) is 4.21 Å². The van der Waals surface area contributed by atoms with E-state index in [0.29, 0.717) is 23.8 Å². The molecular formula is C18H34IN5O2S2. The molecule has 2 rings (SSSR count). The number of hydrogen-bond donors (Lipinski definition) is 3. The molecule has 0 radical (unpaired) electrons. The van der Waals surface area contributed by atoms with E-state index in [-0.39, 0.29) is 29.5 Å². The highest BCUT2D eigenvalue weighted by Crippen LogP contribution is 2.20. The normalized spacial score (nSPS) is 16.5. The Bertz CT molecular complexity index is 687. The number of nitrogens with one attached hydrogen (secondary N) is 3. The van der Waals surface area contributed by atoms with E-state index in [0.717, 1.165) is 25.6 Å². The summed E-state index contributed by atoms with van der Waals surface area (Å²) < 4.78 is 27.2. The van der Waals surface area contributed by atoms with Gasteiger partial charge in [0.05, 0.1) is 6.54 Å². The lowest BCUT2D eigenvalue weighted by Crippen LogP contribution is -2.50. The number of piperidine rings is 1. The van der Waals surface area contributed by atoms with Gasteiger partial charge in [0, 0.05) is 25.2 Å². The van der Waals surface area contributed by atoms with Crippen molar-refractivity contribution in [3.63, 3.8) is 0 Å². The molecule has 1 aliphatic rings. The Labute approximate surface area is 190 Å². The molecule has 1 aromatic rings. The molecule has 7 nitrogen and oxygen atoms in total. The number of rotatable bonds is 9. The van der Waals surface area contributed by atoms with Gasteiger partial charge in [-0.05, 0) is 58.1 Å². The van der Waals surface area contributed by atoms with Gasteiger partial charge in [-0.3, -0.25) is 9.89 Å². The topological polar surface area (TPSA) is 85.8 Å². The standard InChI is InChI=1S/C18H33N5O2S2.HI/c1-4-19-17(21-15-18(2,3)23-12-6-5-7-13-23)20-10-11-22-27(24,25)16-9-8-14-26-16;/h8-9,14,22H,4-7,10-13,15H2,1-3H3,(H2,19,20,21);1H. The molecular weight excluding hydrogens is 509 g/mol. The van der Waals surface area contributed by atoms with E-state index in [1.54, 1.807) is 17.5 Å². The lowest BCUT2D eigenvalue weighted by atomic mass is 9.99. The fourth-order valence-electron chi connectivity index (χ4n) is 3.07. The van der Waals surface area contributed by atoms with E-state index in [9.17, 15) is 8.42 Å². The highest BCUT2D eigenvalue weighted by Gasteiger charge is 2.27.